The van der Waals surface area contributed by atoms with E-state index in [2.05, 4.69) is 25.6 Å². The molecule has 0 radical (unpaired) electrons. The first kappa shape index (κ1) is 15.6. The van der Waals surface area contributed by atoms with Gasteiger partial charge in [-0.3, -0.25) is 9.59 Å². The number of aromatic amines is 1. The first-order valence-corrected chi connectivity index (χ1v) is 8.12. The standard InChI is InChI=1S/C17H14ClN5O2/c1-8(20-17-19-7-14-13(23-17)6-15(24)21-14)11-5-9-4-10(18)2-3-12(9)22-16(11)25/h2-5,7-8H,6H2,1H3,(H,21,24)(H,22,25)(H,19,20,23)/t8-/m0/s1. The molecule has 0 unspecified atom stereocenters. The van der Waals surface area contributed by atoms with E-state index >= 15 is 0 Å². The van der Waals surface area contributed by atoms with Gasteiger partial charge in [-0.15, -0.1) is 0 Å². The van der Waals surface area contributed by atoms with Gasteiger partial charge in [0.1, 0.15) is 0 Å². The highest BCUT2D eigenvalue weighted by Crippen LogP contribution is 2.23. The number of nitrogens with zero attached hydrogens (tertiary/aromatic N) is 2. The average molecular weight is 356 g/mol. The maximum Gasteiger partial charge on any atom is 0.253 e. The fourth-order valence-corrected chi connectivity index (χ4v) is 3.04. The largest absolute Gasteiger partial charge is 0.347 e. The number of hydrogen-bond donors (Lipinski definition) is 3. The van der Waals surface area contributed by atoms with Crippen LogP contribution in [0.25, 0.3) is 10.9 Å². The molecule has 1 aliphatic heterocycles. The molecular weight excluding hydrogens is 342 g/mol. The van der Waals surface area contributed by atoms with Crippen LogP contribution in [0.2, 0.25) is 5.02 Å². The van der Waals surface area contributed by atoms with Crippen molar-refractivity contribution in [3.8, 4) is 0 Å². The summed E-state index contributed by atoms with van der Waals surface area (Å²) in [6, 6.07) is 6.78. The van der Waals surface area contributed by atoms with Crippen molar-refractivity contribution in [2.24, 2.45) is 0 Å². The van der Waals surface area contributed by atoms with E-state index < -0.39 is 0 Å². The van der Waals surface area contributed by atoms with E-state index in [0.29, 0.717) is 27.9 Å². The van der Waals surface area contributed by atoms with Gasteiger partial charge in [-0.25, -0.2) is 9.97 Å². The normalized spacial score (nSPS) is 14.2. The van der Waals surface area contributed by atoms with Crippen LogP contribution < -0.4 is 16.2 Å². The van der Waals surface area contributed by atoms with Crippen LogP contribution in [0.5, 0.6) is 0 Å². The highest BCUT2D eigenvalue weighted by atomic mass is 35.5. The molecule has 2 aromatic heterocycles. The number of hydrogen-bond acceptors (Lipinski definition) is 5. The minimum absolute atomic E-state index is 0.0997. The van der Waals surface area contributed by atoms with E-state index in [1.807, 2.05) is 6.92 Å². The van der Waals surface area contributed by atoms with Crippen molar-refractivity contribution in [2.75, 3.05) is 10.6 Å². The molecule has 1 atom stereocenters. The van der Waals surface area contributed by atoms with Crippen molar-refractivity contribution in [3.05, 3.63) is 57.1 Å². The van der Waals surface area contributed by atoms with Crippen molar-refractivity contribution in [2.45, 2.75) is 19.4 Å². The van der Waals surface area contributed by atoms with Gasteiger partial charge < -0.3 is 15.6 Å². The van der Waals surface area contributed by atoms with E-state index in [1.54, 1.807) is 30.5 Å². The Balaban J connectivity index is 1.65. The number of amides is 1. The number of fused-ring (bicyclic) bond motifs is 2. The van der Waals surface area contributed by atoms with Gasteiger partial charge in [-0.2, -0.15) is 0 Å². The third-order valence-corrected chi connectivity index (χ3v) is 4.35. The molecule has 126 valence electrons. The lowest BCUT2D eigenvalue weighted by atomic mass is 10.1. The summed E-state index contributed by atoms with van der Waals surface area (Å²) in [6.07, 6.45) is 1.79. The Labute approximate surface area is 147 Å². The summed E-state index contributed by atoms with van der Waals surface area (Å²) in [7, 11) is 0. The Kier molecular flexibility index (Phi) is 3.65. The Morgan fingerprint density at radius 1 is 1.28 bits per heavy atom. The van der Waals surface area contributed by atoms with E-state index in [4.69, 9.17) is 11.6 Å². The monoisotopic (exact) mass is 355 g/mol. The Morgan fingerprint density at radius 3 is 2.96 bits per heavy atom. The van der Waals surface area contributed by atoms with E-state index in [0.717, 1.165) is 10.9 Å². The lowest BCUT2D eigenvalue weighted by Gasteiger charge is -2.14. The Hall–Kier alpha value is -2.93. The third-order valence-electron chi connectivity index (χ3n) is 4.12. The quantitative estimate of drug-likeness (QED) is 0.670. The number of H-pyrrole nitrogens is 1. The predicted molar refractivity (Wildman–Crippen MR) is 96.0 cm³/mol. The molecule has 0 aliphatic carbocycles. The molecule has 3 heterocycles. The molecule has 3 N–H and O–H groups in total. The van der Waals surface area contributed by atoms with Crippen LogP contribution in [0, 0.1) is 0 Å². The van der Waals surface area contributed by atoms with Gasteiger partial charge in [0.25, 0.3) is 5.56 Å². The number of rotatable bonds is 3. The average Bonchev–Trinajstić information content (AvgIpc) is 2.93. The topological polar surface area (TPSA) is 99.8 Å². The smallest absolute Gasteiger partial charge is 0.253 e. The van der Waals surface area contributed by atoms with Crippen LogP contribution in [-0.2, 0) is 11.2 Å². The molecule has 1 aromatic carbocycles. The van der Waals surface area contributed by atoms with E-state index in [9.17, 15) is 9.59 Å². The van der Waals surface area contributed by atoms with Crippen LogP contribution >= 0.6 is 11.6 Å². The summed E-state index contributed by atoms with van der Waals surface area (Å²) in [5.74, 6) is 0.269. The highest BCUT2D eigenvalue weighted by Gasteiger charge is 2.21. The molecule has 3 aromatic rings. The molecule has 1 amide bonds. The van der Waals surface area contributed by atoms with Crippen molar-refractivity contribution in [1.82, 2.24) is 15.0 Å². The molecule has 1 aliphatic rings. The fraction of sp³-hybridized carbons (Fsp3) is 0.176. The fourth-order valence-electron chi connectivity index (χ4n) is 2.86. The molecule has 0 bridgehead atoms. The predicted octanol–water partition coefficient (Wildman–Crippen LogP) is 2.64. The molecule has 4 rings (SSSR count). The van der Waals surface area contributed by atoms with Crippen molar-refractivity contribution >= 4 is 40.0 Å². The number of nitrogens with one attached hydrogen (secondary N) is 3. The van der Waals surface area contributed by atoms with Crippen LogP contribution in [0.3, 0.4) is 0 Å². The SMILES string of the molecule is C[C@H](Nc1ncc2c(n1)CC(=O)N2)c1cc2cc(Cl)ccc2[nH]c1=O. The zero-order valence-electron chi connectivity index (χ0n) is 13.3. The molecule has 0 saturated heterocycles. The molecular formula is C17H14ClN5O2. The third kappa shape index (κ3) is 2.94. The van der Waals surface area contributed by atoms with Gasteiger partial charge in [0, 0.05) is 21.5 Å². The minimum Gasteiger partial charge on any atom is -0.347 e. The second kappa shape index (κ2) is 5.86. The summed E-state index contributed by atoms with van der Waals surface area (Å²) in [5.41, 5.74) is 2.36. The molecule has 0 spiro atoms. The molecule has 7 nitrogen and oxygen atoms in total. The number of benzene rings is 1. The van der Waals surface area contributed by atoms with Crippen molar-refractivity contribution in [1.29, 1.82) is 0 Å². The number of carbonyl (C=O) groups excluding carboxylic acids is 1. The lowest BCUT2D eigenvalue weighted by molar-refractivity contribution is -0.115. The second-order valence-electron chi connectivity index (χ2n) is 5.93. The van der Waals surface area contributed by atoms with Gasteiger partial charge in [-0.1, -0.05) is 11.6 Å². The van der Waals surface area contributed by atoms with Crippen molar-refractivity contribution in [3.63, 3.8) is 0 Å². The summed E-state index contributed by atoms with van der Waals surface area (Å²) in [4.78, 5) is 35.1. The lowest BCUT2D eigenvalue weighted by Crippen LogP contribution is -2.20. The van der Waals surface area contributed by atoms with Gasteiger partial charge in [0.15, 0.2) is 0 Å². The molecule has 0 fully saturated rings. The molecule has 0 saturated carbocycles. The van der Waals surface area contributed by atoms with Crippen molar-refractivity contribution < 1.29 is 4.79 Å². The zero-order chi connectivity index (χ0) is 17.6. The minimum atomic E-state index is -0.324. The van der Waals surface area contributed by atoms with Gasteiger partial charge in [-0.05, 0) is 31.2 Å². The van der Waals surface area contributed by atoms with E-state index in [-0.39, 0.29) is 23.9 Å². The number of anilines is 2. The van der Waals surface area contributed by atoms with Gasteiger partial charge in [0.05, 0.1) is 30.0 Å². The molecule has 8 heteroatoms. The maximum atomic E-state index is 12.4. The van der Waals surface area contributed by atoms with Gasteiger partial charge in [0.2, 0.25) is 11.9 Å². The van der Waals surface area contributed by atoms with Crippen LogP contribution in [0.1, 0.15) is 24.2 Å². The first-order valence-electron chi connectivity index (χ1n) is 7.74. The first-order chi connectivity index (χ1) is 12.0. The second-order valence-corrected chi connectivity index (χ2v) is 6.37. The Bertz CT molecular complexity index is 1060. The van der Waals surface area contributed by atoms with Crippen LogP contribution in [0.15, 0.2) is 35.3 Å². The van der Waals surface area contributed by atoms with E-state index in [1.165, 1.54) is 0 Å². The van der Waals surface area contributed by atoms with Crippen LogP contribution in [-0.4, -0.2) is 20.9 Å². The Morgan fingerprint density at radius 2 is 2.12 bits per heavy atom. The zero-order valence-corrected chi connectivity index (χ0v) is 14.0. The van der Waals surface area contributed by atoms with Gasteiger partial charge >= 0.3 is 0 Å². The van der Waals surface area contributed by atoms with Crippen LogP contribution in [0.4, 0.5) is 11.6 Å². The maximum absolute atomic E-state index is 12.4. The highest BCUT2D eigenvalue weighted by molar-refractivity contribution is 6.31. The number of carbonyl (C=O) groups is 1. The number of aromatic nitrogens is 3. The number of halogens is 1. The summed E-state index contributed by atoms with van der Waals surface area (Å²) < 4.78 is 0. The summed E-state index contributed by atoms with van der Waals surface area (Å²) in [6.45, 7) is 1.85. The summed E-state index contributed by atoms with van der Waals surface area (Å²) >= 11 is 6.02. The summed E-state index contributed by atoms with van der Waals surface area (Å²) in [5, 5.41) is 7.24. The number of pyridine rings is 1. The molecule has 25 heavy (non-hydrogen) atoms.